The molecule has 0 aliphatic heterocycles. The Morgan fingerprint density at radius 3 is 2.67 bits per heavy atom. The lowest BCUT2D eigenvalue weighted by atomic mass is 10.1. The van der Waals surface area contributed by atoms with Crippen molar-refractivity contribution in [3.8, 4) is 6.07 Å². The van der Waals surface area contributed by atoms with E-state index in [0.29, 0.717) is 0 Å². The van der Waals surface area contributed by atoms with E-state index in [1.807, 2.05) is 6.92 Å². The molecule has 0 saturated carbocycles. The van der Waals surface area contributed by atoms with E-state index in [2.05, 4.69) is 42.4 Å². The van der Waals surface area contributed by atoms with Crippen LogP contribution in [0.3, 0.4) is 0 Å². The highest BCUT2D eigenvalue weighted by molar-refractivity contribution is 8.01. The van der Waals surface area contributed by atoms with Crippen LogP contribution in [0.1, 0.15) is 27.7 Å². The van der Waals surface area contributed by atoms with Crippen molar-refractivity contribution in [2.45, 2.75) is 42.8 Å². The van der Waals surface area contributed by atoms with Crippen LogP contribution in [0.2, 0.25) is 0 Å². The van der Waals surface area contributed by atoms with Gasteiger partial charge in [-0.2, -0.15) is 5.26 Å². The molecule has 0 amide bonds. The number of thioether (sulfide) groups is 1. The third kappa shape index (κ3) is 4.49. The Morgan fingerprint density at radius 1 is 1.47 bits per heavy atom. The Hall–Kier alpha value is -0.800. The first kappa shape index (κ1) is 12.3. The molecule has 6 heteroatoms. The first-order valence-electron chi connectivity index (χ1n) is 4.58. The SMILES string of the molecule is CC(C#N)Sc1nnc(NC(C)(C)C)s1. The zero-order chi connectivity index (χ0) is 11.5. The van der Waals surface area contributed by atoms with Gasteiger partial charge < -0.3 is 5.32 Å². The molecular weight excluding hydrogens is 228 g/mol. The summed E-state index contributed by atoms with van der Waals surface area (Å²) in [4.78, 5) is 0. The summed E-state index contributed by atoms with van der Waals surface area (Å²) in [5, 5.41) is 20.6. The Labute approximate surface area is 98.1 Å². The summed E-state index contributed by atoms with van der Waals surface area (Å²) in [5.41, 5.74) is -0.0116. The van der Waals surface area contributed by atoms with E-state index in [1.165, 1.54) is 23.1 Å². The molecule has 0 bridgehead atoms. The summed E-state index contributed by atoms with van der Waals surface area (Å²) in [5.74, 6) is 0. The molecule has 1 atom stereocenters. The van der Waals surface area contributed by atoms with E-state index in [-0.39, 0.29) is 10.8 Å². The normalized spacial score (nSPS) is 13.3. The average molecular weight is 242 g/mol. The van der Waals surface area contributed by atoms with Gasteiger partial charge in [-0.25, -0.2) is 0 Å². The van der Waals surface area contributed by atoms with Crippen molar-refractivity contribution in [1.29, 1.82) is 5.26 Å². The summed E-state index contributed by atoms with van der Waals surface area (Å²) in [6.45, 7) is 8.06. The largest absolute Gasteiger partial charge is 0.355 e. The highest BCUT2D eigenvalue weighted by Gasteiger charge is 2.14. The number of nitrogens with zero attached hydrogens (tertiary/aromatic N) is 3. The standard InChI is InChI=1S/C9H14N4S2/c1-6(5-10)14-8-13-12-7(15-8)11-9(2,3)4/h6H,1-4H3,(H,11,12). The maximum Gasteiger partial charge on any atom is 0.206 e. The molecule has 1 N–H and O–H groups in total. The Bertz CT molecular complexity index is 361. The minimum Gasteiger partial charge on any atom is -0.355 e. The molecule has 0 spiro atoms. The lowest BCUT2D eigenvalue weighted by Crippen LogP contribution is -2.25. The number of nitriles is 1. The molecule has 1 rings (SSSR count). The molecule has 82 valence electrons. The number of anilines is 1. The third-order valence-corrected chi connectivity index (χ3v) is 3.26. The van der Waals surface area contributed by atoms with E-state index in [9.17, 15) is 0 Å². The van der Waals surface area contributed by atoms with Crippen molar-refractivity contribution in [3.63, 3.8) is 0 Å². The van der Waals surface area contributed by atoms with Crippen LogP contribution in [-0.2, 0) is 0 Å². The molecule has 0 aromatic carbocycles. The number of aromatic nitrogens is 2. The predicted octanol–water partition coefficient (Wildman–Crippen LogP) is 2.75. The molecule has 15 heavy (non-hydrogen) atoms. The Kier molecular flexibility index (Phi) is 3.94. The number of rotatable bonds is 3. The van der Waals surface area contributed by atoms with Crippen LogP contribution in [0.15, 0.2) is 4.34 Å². The van der Waals surface area contributed by atoms with Gasteiger partial charge in [0.2, 0.25) is 5.13 Å². The molecule has 4 nitrogen and oxygen atoms in total. The molecule has 0 saturated heterocycles. The maximum absolute atomic E-state index is 8.66. The Morgan fingerprint density at radius 2 is 2.13 bits per heavy atom. The fraction of sp³-hybridized carbons (Fsp3) is 0.667. The van der Waals surface area contributed by atoms with Crippen LogP contribution in [-0.4, -0.2) is 21.0 Å². The Balaban J connectivity index is 2.61. The topological polar surface area (TPSA) is 61.6 Å². The zero-order valence-electron chi connectivity index (χ0n) is 9.24. The quantitative estimate of drug-likeness (QED) is 0.826. The lowest BCUT2D eigenvalue weighted by Gasteiger charge is -2.18. The van der Waals surface area contributed by atoms with E-state index < -0.39 is 0 Å². The van der Waals surface area contributed by atoms with E-state index >= 15 is 0 Å². The maximum atomic E-state index is 8.66. The smallest absolute Gasteiger partial charge is 0.206 e. The van der Waals surface area contributed by atoms with Crippen LogP contribution in [0.5, 0.6) is 0 Å². The summed E-state index contributed by atoms with van der Waals surface area (Å²) in [7, 11) is 0. The van der Waals surface area contributed by atoms with Gasteiger partial charge in [-0.1, -0.05) is 23.1 Å². The highest BCUT2D eigenvalue weighted by atomic mass is 32.2. The average Bonchev–Trinajstić information content (AvgIpc) is 2.49. The van der Waals surface area contributed by atoms with Crippen molar-refractivity contribution in [3.05, 3.63) is 0 Å². The molecule has 0 fully saturated rings. The van der Waals surface area contributed by atoms with Crippen LogP contribution in [0, 0.1) is 11.3 Å². The summed E-state index contributed by atoms with van der Waals surface area (Å²) in [6, 6.07) is 2.15. The van der Waals surface area contributed by atoms with Gasteiger partial charge in [0.25, 0.3) is 0 Å². The van der Waals surface area contributed by atoms with E-state index in [4.69, 9.17) is 5.26 Å². The molecule has 1 unspecified atom stereocenters. The molecule has 0 radical (unpaired) electrons. The van der Waals surface area contributed by atoms with Gasteiger partial charge in [0, 0.05) is 5.54 Å². The van der Waals surface area contributed by atoms with Gasteiger partial charge in [0.1, 0.15) is 0 Å². The molecule has 1 aromatic heterocycles. The molecule has 0 aliphatic carbocycles. The highest BCUT2D eigenvalue weighted by Crippen LogP contribution is 2.29. The first-order valence-corrected chi connectivity index (χ1v) is 6.28. The second kappa shape index (κ2) is 4.81. The van der Waals surface area contributed by atoms with Crippen LogP contribution >= 0.6 is 23.1 Å². The first-order chi connectivity index (χ1) is 6.90. The minimum atomic E-state index is -0.0829. The number of hydrogen-bond donors (Lipinski definition) is 1. The van der Waals surface area contributed by atoms with Crippen molar-refractivity contribution in [2.24, 2.45) is 0 Å². The third-order valence-electron chi connectivity index (χ3n) is 1.35. The van der Waals surface area contributed by atoms with Gasteiger partial charge in [-0.3, -0.25) is 0 Å². The molecule has 1 heterocycles. The second-order valence-corrected chi connectivity index (χ2v) is 6.70. The monoisotopic (exact) mass is 242 g/mol. The van der Waals surface area contributed by atoms with Crippen molar-refractivity contribution in [1.82, 2.24) is 10.2 Å². The summed E-state index contributed by atoms with van der Waals surface area (Å²) in [6.07, 6.45) is 0. The molecule has 0 aliphatic rings. The summed E-state index contributed by atoms with van der Waals surface area (Å²) >= 11 is 2.92. The van der Waals surface area contributed by atoms with Gasteiger partial charge in [-0.05, 0) is 27.7 Å². The second-order valence-electron chi connectivity index (χ2n) is 4.14. The number of hydrogen-bond acceptors (Lipinski definition) is 6. The minimum absolute atomic E-state index is 0.0116. The molecule has 1 aromatic rings. The summed E-state index contributed by atoms with van der Waals surface area (Å²) < 4.78 is 0.829. The van der Waals surface area contributed by atoms with Crippen LogP contribution in [0.4, 0.5) is 5.13 Å². The predicted molar refractivity (Wildman–Crippen MR) is 64.2 cm³/mol. The van der Waals surface area contributed by atoms with E-state index in [1.54, 1.807) is 0 Å². The fourth-order valence-corrected chi connectivity index (χ4v) is 2.80. The van der Waals surface area contributed by atoms with Gasteiger partial charge in [-0.15, -0.1) is 10.2 Å². The van der Waals surface area contributed by atoms with Gasteiger partial charge in [0.05, 0.1) is 11.3 Å². The van der Waals surface area contributed by atoms with Gasteiger partial charge >= 0.3 is 0 Å². The van der Waals surface area contributed by atoms with Crippen molar-refractivity contribution in [2.75, 3.05) is 5.32 Å². The molecular formula is C9H14N4S2. The zero-order valence-corrected chi connectivity index (χ0v) is 10.9. The van der Waals surface area contributed by atoms with Crippen LogP contribution in [0.25, 0.3) is 0 Å². The van der Waals surface area contributed by atoms with Gasteiger partial charge in [0.15, 0.2) is 4.34 Å². The van der Waals surface area contributed by atoms with Crippen LogP contribution < -0.4 is 5.32 Å². The number of nitrogens with one attached hydrogen (secondary N) is 1. The van der Waals surface area contributed by atoms with Crippen molar-refractivity contribution < 1.29 is 0 Å². The van der Waals surface area contributed by atoms with E-state index in [0.717, 1.165) is 9.47 Å². The fourth-order valence-electron chi connectivity index (χ4n) is 0.806. The van der Waals surface area contributed by atoms with Crippen molar-refractivity contribution >= 4 is 28.2 Å². The lowest BCUT2D eigenvalue weighted by molar-refractivity contribution is 0.631.